The zero-order valence-corrected chi connectivity index (χ0v) is 13.2. The van der Waals surface area contributed by atoms with Gasteiger partial charge < -0.3 is 10.6 Å². The van der Waals surface area contributed by atoms with E-state index in [-0.39, 0.29) is 0 Å². The molecular formula is C17H20N2S. The van der Waals surface area contributed by atoms with E-state index in [0.717, 1.165) is 11.4 Å². The topological polar surface area (TPSA) is 24.1 Å². The Morgan fingerprint density at radius 1 is 0.900 bits per heavy atom. The first-order valence-corrected chi connectivity index (χ1v) is 7.09. The van der Waals surface area contributed by atoms with Crippen LogP contribution in [-0.4, -0.2) is 5.11 Å². The molecule has 0 bridgehead atoms. The second-order valence-corrected chi connectivity index (χ2v) is 5.61. The molecule has 0 amide bonds. The zero-order valence-electron chi connectivity index (χ0n) is 12.4. The van der Waals surface area contributed by atoms with Crippen LogP contribution in [0.2, 0.25) is 0 Å². The number of hydrogen-bond donors (Lipinski definition) is 2. The average Bonchev–Trinajstić information content (AvgIpc) is 2.33. The van der Waals surface area contributed by atoms with Gasteiger partial charge >= 0.3 is 0 Å². The Labute approximate surface area is 126 Å². The van der Waals surface area contributed by atoms with Crippen molar-refractivity contribution < 1.29 is 0 Å². The fraction of sp³-hybridized carbons (Fsp3) is 0.235. The quantitative estimate of drug-likeness (QED) is 0.780. The van der Waals surface area contributed by atoms with Crippen molar-refractivity contribution in [2.75, 3.05) is 10.6 Å². The van der Waals surface area contributed by atoms with Gasteiger partial charge in [0.25, 0.3) is 0 Å². The molecule has 0 heterocycles. The van der Waals surface area contributed by atoms with Crippen LogP contribution in [-0.2, 0) is 0 Å². The van der Waals surface area contributed by atoms with Gasteiger partial charge in [0.1, 0.15) is 0 Å². The molecule has 0 saturated heterocycles. The number of rotatable bonds is 2. The molecule has 2 N–H and O–H groups in total. The van der Waals surface area contributed by atoms with Crippen LogP contribution in [0.15, 0.2) is 36.4 Å². The number of anilines is 2. The fourth-order valence-electron chi connectivity index (χ4n) is 2.22. The number of benzene rings is 2. The Morgan fingerprint density at radius 2 is 1.55 bits per heavy atom. The molecule has 0 aliphatic rings. The number of nitrogens with one attached hydrogen (secondary N) is 2. The summed E-state index contributed by atoms with van der Waals surface area (Å²) in [4.78, 5) is 0. The zero-order chi connectivity index (χ0) is 14.7. The van der Waals surface area contributed by atoms with Gasteiger partial charge in [-0.1, -0.05) is 18.2 Å². The standard InChI is InChI=1S/C17H20N2S/c1-11-8-12(2)10-15(9-11)18-17(20)19-16-7-5-6-13(3)14(16)4/h5-10H,1-4H3,(H2,18,19,20). The van der Waals surface area contributed by atoms with Gasteiger partial charge in [-0.05, 0) is 80.4 Å². The van der Waals surface area contributed by atoms with Crippen LogP contribution in [0.1, 0.15) is 22.3 Å². The van der Waals surface area contributed by atoms with Gasteiger partial charge in [0.15, 0.2) is 5.11 Å². The van der Waals surface area contributed by atoms with E-state index in [1.807, 2.05) is 12.1 Å². The minimum atomic E-state index is 0.615. The van der Waals surface area contributed by atoms with E-state index < -0.39 is 0 Å². The van der Waals surface area contributed by atoms with Crippen molar-refractivity contribution in [1.82, 2.24) is 0 Å². The Morgan fingerprint density at radius 3 is 2.20 bits per heavy atom. The van der Waals surface area contributed by atoms with E-state index in [9.17, 15) is 0 Å². The summed E-state index contributed by atoms with van der Waals surface area (Å²) < 4.78 is 0. The van der Waals surface area contributed by atoms with Crippen molar-refractivity contribution in [1.29, 1.82) is 0 Å². The first kappa shape index (κ1) is 14.5. The summed E-state index contributed by atoms with van der Waals surface area (Å²) in [5.41, 5.74) is 6.99. The minimum absolute atomic E-state index is 0.615. The molecule has 104 valence electrons. The van der Waals surface area contributed by atoms with Crippen molar-refractivity contribution in [2.24, 2.45) is 0 Å². The molecule has 0 saturated carbocycles. The summed E-state index contributed by atoms with van der Waals surface area (Å²) in [7, 11) is 0. The van der Waals surface area contributed by atoms with Crippen LogP contribution < -0.4 is 10.6 Å². The maximum Gasteiger partial charge on any atom is 0.175 e. The normalized spacial score (nSPS) is 10.2. The molecule has 0 radical (unpaired) electrons. The predicted octanol–water partition coefficient (Wildman–Crippen LogP) is 4.73. The van der Waals surface area contributed by atoms with Crippen LogP contribution in [0, 0.1) is 27.7 Å². The summed E-state index contributed by atoms with van der Waals surface area (Å²) in [6.45, 7) is 8.36. The van der Waals surface area contributed by atoms with E-state index in [4.69, 9.17) is 12.2 Å². The lowest BCUT2D eigenvalue weighted by atomic mass is 10.1. The Bertz CT molecular complexity index is 627. The maximum absolute atomic E-state index is 5.39. The highest BCUT2D eigenvalue weighted by Gasteiger charge is 2.04. The Balaban J connectivity index is 2.11. The van der Waals surface area contributed by atoms with Crippen molar-refractivity contribution in [3.8, 4) is 0 Å². The molecule has 0 aromatic heterocycles. The molecule has 0 atom stereocenters. The largest absolute Gasteiger partial charge is 0.332 e. The van der Waals surface area contributed by atoms with E-state index in [2.05, 4.69) is 62.6 Å². The van der Waals surface area contributed by atoms with Gasteiger partial charge in [-0.15, -0.1) is 0 Å². The highest BCUT2D eigenvalue weighted by Crippen LogP contribution is 2.19. The molecule has 0 fully saturated rings. The van der Waals surface area contributed by atoms with Gasteiger partial charge in [0.2, 0.25) is 0 Å². The Hall–Kier alpha value is -1.87. The van der Waals surface area contributed by atoms with Gasteiger partial charge in [-0.3, -0.25) is 0 Å². The summed E-state index contributed by atoms with van der Waals surface area (Å²) in [6.07, 6.45) is 0. The van der Waals surface area contributed by atoms with Gasteiger partial charge in [-0.2, -0.15) is 0 Å². The second-order valence-electron chi connectivity index (χ2n) is 5.20. The maximum atomic E-state index is 5.39. The Kier molecular flexibility index (Phi) is 4.40. The lowest BCUT2D eigenvalue weighted by Gasteiger charge is -2.14. The van der Waals surface area contributed by atoms with Crippen LogP contribution in [0.5, 0.6) is 0 Å². The van der Waals surface area contributed by atoms with Crippen LogP contribution in [0.3, 0.4) is 0 Å². The number of aryl methyl sites for hydroxylation is 3. The van der Waals surface area contributed by atoms with Gasteiger partial charge in [-0.25, -0.2) is 0 Å². The van der Waals surface area contributed by atoms with Crippen molar-refractivity contribution in [2.45, 2.75) is 27.7 Å². The monoisotopic (exact) mass is 284 g/mol. The third-order valence-electron chi connectivity index (χ3n) is 3.33. The molecular weight excluding hydrogens is 264 g/mol. The molecule has 2 aromatic carbocycles. The van der Waals surface area contributed by atoms with Crippen LogP contribution >= 0.6 is 12.2 Å². The van der Waals surface area contributed by atoms with Crippen molar-refractivity contribution in [3.05, 3.63) is 58.7 Å². The number of thiocarbonyl (C=S) groups is 1. The molecule has 0 unspecified atom stereocenters. The van der Waals surface area contributed by atoms with Crippen molar-refractivity contribution >= 4 is 28.7 Å². The molecule has 2 aromatic rings. The first-order valence-electron chi connectivity index (χ1n) is 6.68. The predicted molar refractivity (Wildman–Crippen MR) is 91.7 cm³/mol. The molecule has 0 aliphatic carbocycles. The lowest BCUT2D eigenvalue weighted by molar-refractivity contribution is 1.34. The van der Waals surface area contributed by atoms with Crippen molar-refractivity contribution in [3.63, 3.8) is 0 Å². The van der Waals surface area contributed by atoms with Crippen LogP contribution in [0.4, 0.5) is 11.4 Å². The lowest BCUT2D eigenvalue weighted by Crippen LogP contribution is -2.19. The third-order valence-corrected chi connectivity index (χ3v) is 3.54. The molecule has 2 rings (SSSR count). The first-order chi connectivity index (χ1) is 9.45. The molecule has 0 aliphatic heterocycles. The molecule has 0 spiro atoms. The third kappa shape index (κ3) is 3.58. The SMILES string of the molecule is Cc1cc(C)cc(NC(=S)Nc2cccc(C)c2C)c1. The highest BCUT2D eigenvalue weighted by atomic mass is 32.1. The van der Waals surface area contributed by atoms with E-state index in [0.29, 0.717) is 5.11 Å². The molecule has 3 heteroatoms. The van der Waals surface area contributed by atoms with Gasteiger partial charge in [0, 0.05) is 11.4 Å². The second kappa shape index (κ2) is 6.06. The van der Waals surface area contributed by atoms with E-state index >= 15 is 0 Å². The molecule has 20 heavy (non-hydrogen) atoms. The molecule has 2 nitrogen and oxygen atoms in total. The highest BCUT2D eigenvalue weighted by molar-refractivity contribution is 7.80. The summed E-state index contributed by atoms with van der Waals surface area (Å²) >= 11 is 5.39. The summed E-state index contributed by atoms with van der Waals surface area (Å²) in [5.74, 6) is 0. The smallest absolute Gasteiger partial charge is 0.175 e. The minimum Gasteiger partial charge on any atom is -0.332 e. The number of hydrogen-bond acceptors (Lipinski definition) is 1. The average molecular weight is 284 g/mol. The van der Waals surface area contributed by atoms with Gasteiger partial charge in [0.05, 0.1) is 0 Å². The summed E-state index contributed by atoms with van der Waals surface area (Å²) in [6, 6.07) is 12.5. The van der Waals surface area contributed by atoms with Crippen LogP contribution in [0.25, 0.3) is 0 Å². The summed E-state index contributed by atoms with van der Waals surface area (Å²) in [5, 5.41) is 7.11. The van der Waals surface area contributed by atoms with E-state index in [1.54, 1.807) is 0 Å². The fourth-order valence-corrected chi connectivity index (χ4v) is 2.45. The van der Waals surface area contributed by atoms with E-state index in [1.165, 1.54) is 22.3 Å².